The number of nitriles is 1. The third-order valence-corrected chi connectivity index (χ3v) is 5.30. The van der Waals surface area contributed by atoms with Gasteiger partial charge < -0.3 is 5.73 Å². The Bertz CT molecular complexity index is 1450. The summed E-state index contributed by atoms with van der Waals surface area (Å²) >= 11 is 5.76. The Balaban J connectivity index is 1.88. The van der Waals surface area contributed by atoms with Crippen LogP contribution in [0.1, 0.15) is 17.0 Å². The van der Waals surface area contributed by atoms with Crippen LogP contribution in [0, 0.1) is 17.1 Å². The van der Waals surface area contributed by atoms with Gasteiger partial charge in [-0.1, -0.05) is 23.7 Å². The van der Waals surface area contributed by atoms with Crippen LogP contribution in [-0.4, -0.2) is 20.0 Å². The zero-order chi connectivity index (χ0) is 22.1. The highest BCUT2D eigenvalue weighted by Gasteiger charge is 2.14. The average molecular weight is 435 g/mol. The van der Waals surface area contributed by atoms with Crippen molar-refractivity contribution in [2.24, 2.45) is 12.8 Å². The standard InChI is InChI=1S/C22H16ClFN6O/c1-30-21(8-14(9-25)12-3-5-18(23)19(24)7-12)17(11-27-30)13-2-4-15-16(6-13)20(10-26)28-29-22(15)31/h2-8,11H,10,26H2,1H3,(H,29,31)/b14-8+. The zero-order valence-corrected chi connectivity index (χ0v) is 17.1. The number of aromatic amines is 1. The monoisotopic (exact) mass is 434 g/mol. The molecule has 0 radical (unpaired) electrons. The average Bonchev–Trinajstić information content (AvgIpc) is 3.14. The number of nitrogens with zero attached hydrogens (tertiary/aromatic N) is 4. The van der Waals surface area contributed by atoms with E-state index in [1.165, 1.54) is 12.1 Å². The van der Waals surface area contributed by atoms with E-state index in [4.69, 9.17) is 17.3 Å². The Morgan fingerprint density at radius 2 is 2.13 bits per heavy atom. The van der Waals surface area contributed by atoms with Crippen molar-refractivity contribution in [3.05, 3.63) is 80.7 Å². The van der Waals surface area contributed by atoms with Gasteiger partial charge in [-0.05, 0) is 41.5 Å². The van der Waals surface area contributed by atoms with E-state index >= 15 is 0 Å². The Labute approximate surface area is 181 Å². The van der Waals surface area contributed by atoms with E-state index < -0.39 is 5.82 Å². The van der Waals surface area contributed by atoms with E-state index in [0.717, 1.165) is 11.1 Å². The summed E-state index contributed by atoms with van der Waals surface area (Å²) in [5, 5.41) is 21.5. The van der Waals surface area contributed by atoms with Crippen LogP contribution in [0.25, 0.3) is 33.5 Å². The van der Waals surface area contributed by atoms with Crippen LogP contribution in [0.15, 0.2) is 47.4 Å². The summed E-state index contributed by atoms with van der Waals surface area (Å²) < 4.78 is 15.5. The molecule has 0 spiro atoms. The molecule has 0 aliphatic rings. The molecule has 2 heterocycles. The maximum atomic E-state index is 13.9. The molecular weight excluding hydrogens is 419 g/mol. The van der Waals surface area contributed by atoms with E-state index in [2.05, 4.69) is 21.4 Å². The molecule has 4 aromatic rings. The lowest BCUT2D eigenvalue weighted by Gasteiger charge is -2.07. The third-order valence-electron chi connectivity index (χ3n) is 4.99. The first-order chi connectivity index (χ1) is 14.9. The number of rotatable bonds is 4. The smallest absolute Gasteiger partial charge is 0.272 e. The number of fused-ring (bicyclic) bond motifs is 1. The maximum absolute atomic E-state index is 13.9. The highest BCUT2D eigenvalue weighted by atomic mass is 35.5. The number of nitrogens with two attached hydrogens (primary N) is 1. The molecule has 0 saturated heterocycles. The van der Waals surface area contributed by atoms with Crippen LogP contribution in [0.4, 0.5) is 4.39 Å². The minimum atomic E-state index is -0.605. The van der Waals surface area contributed by atoms with Crippen molar-refractivity contribution >= 4 is 34.0 Å². The minimum absolute atomic E-state index is 0.0160. The second kappa shape index (κ2) is 8.14. The van der Waals surface area contributed by atoms with Crippen molar-refractivity contribution in [3.63, 3.8) is 0 Å². The van der Waals surface area contributed by atoms with Crippen LogP contribution in [0.3, 0.4) is 0 Å². The summed E-state index contributed by atoms with van der Waals surface area (Å²) in [4.78, 5) is 12.1. The number of aromatic nitrogens is 4. The largest absolute Gasteiger partial charge is 0.325 e. The van der Waals surface area contributed by atoms with E-state index in [0.29, 0.717) is 27.7 Å². The van der Waals surface area contributed by atoms with Gasteiger partial charge in [0.15, 0.2) is 0 Å². The first-order valence-electron chi connectivity index (χ1n) is 9.24. The van der Waals surface area contributed by atoms with Gasteiger partial charge in [0.1, 0.15) is 5.82 Å². The Hall–Kier alpha value is -3.80. The number of hydrogen-bond acceptors (Lipinski definition) is 5. The lowest BCUT2D eigenvalue weighted by atomic mass is 9.99. The number of aryl methyl sites for hydroxylation is 1. The molecular formula is C22H16ClFN6O. The lowest BCUT2D eigenvalue weighted by Crippen LogP contribution is -2.13. The number of benzene rings is 2. The molecule has 0 atom stereocenters. The van der Waals surface area contributed by atoms with Gasteiger partial charge in [-0.3, -0.25) is 9.48 Å². The first-order valence-corrected chi connectivity index (χ1v) is 9.61. The highest BCUT2D eigenvalue weighted by molar-refractivity contribution is 6.30. The zero-order valence-electron chi connectivity index (χ0n) is 16.4. The molecule has 4 rings (SSSR count). The molecule has 7 nitrogen and oxygen atoms in total. The van der Waals surface area contributed by atoms with Crippen molar-refractivity contribution in [1.82, 2.24) is 20.0 Å². The van der Waals surface area contributed by atoms with E-state index in [1.807, 2.05) is 6.07 Å². The van der Waals surface area contributed by atoms with E-state index in [1.54, 1.807) is 42.2 Å². The Morgan fingerprint density at radius 1 is 1.32 bits per heavy atom. The minimum Gasteiger partial charge on any atom is -0.325 e. The maximum Gasteiger partial charge on any atom is 0.272 e. The van der Waals surface area contributed by atoms with Gasteiger partial charge in [0, 0.05) is 24.5 Å². The van der Waals surface area contributed by atoms with Crippen molar-refractivity contribution in [3.8, 4) is 17.2 Å². The number of hydrogen-bond donors (Lipinski definition) is 2. The molecule has 0 saturated carbocycles. The molecule has 3 N–H and O–H groups in total. The summed E-state index contributed by atoms with van der Waals surface area (Å²) in [6.07, 6.45) is 3.29. The molecule has 2 aromatic carbocycles. The normalized spacial score (nSPS) is 11.6. The molecule has 154 valence electrons. The second-order valence-corrected chi connectivity index (χ2v) is 7.24. The fourth-order valence-electron chi connectivity index (χ4n) is 3.36. The molecule has 31 heavy (non-hydrogen) atoms. The summed E-state index contributed by atoms with van der Waals surface area (Å²) in [5.41, 5.74) is 8.82. The molecule has 9 heteroatoms. The van der Waals surface area contributed by atoms with Crippen molar-refractivity contribution < 1.29 is 4.39 Å². The topological polar surface area (TPSA) is 113 Å². The molecule has 0 unspecified atom stereocenters. The molecule has 0 bridgehead atoms. The van der Waals surface area contributed by atoms with Crippen LogP contribution >= 0.6 is 11.6 Å². The number of allylic oxidation sites excluding steroid dienone is 1. The summed E-state index contributed by atoms with van der Waals surface area (Å²) in [6.45, 7) is 0.164. The van der Waals surface area contributed by atoms with Crippen molar-refractivity contribution in [1.29, 1.82) is 5.26 Å². The molecule has 0 fully saturated rings. The van der Waals surface area contributed by atoms with Crippen molar-refractivity contribution in [2.45, 2.75) is 6.54 Å². The van der Waals surface area contributed by atoms with Gasteiger partial charge in [0.2, 0.25) is 0 Å². The molecule has 0 amide bonds. The predicted molar refractivity (Wildman–Crippen MR) is 117 cm³/mol. The van der Waals surface area contributed by atoms with Gasteiger partial charge in [-0.25, -0.2) is 9.49 Å². The summed E-state index contributed by atoms with van der Waals surface area (Å²) in [5.74, 6) is -0.605. The number of nitrogens with one attached hydrogen (secondary N) is 1. The van der Waals surface area contributed by atoms with Gasteiger partial charge in [-0.15, -0.1) is 0 Å². The van der Waals surface area contributed by atoms with Crippen LogP contribution < -0.4 is 11.3 Å². The predicted octanol–water partition coefficient (Wildman–Crippen LogP) is 3.64. The van der Waals surface area contributed by atoms with Crippen LogP contribution in [0.5, 0.6) is 0 Å². The quantitative estimate of drug-likeness (QED) is 0.476. The number of H-pyrrole nitrogens is 1. The molecule has 0 aliphatic heterocycles. The number of halogens is 2. The van der Waals surface area contributed by atoms with E-state index in [9.17, 15) is 14.4 Å². The first kappa shape index (κ1) is 20.5. The van der Waals surface area contributed by atoms with E-state index in [-0.39, 0.29) is 22.7 Å². The lowest BCUT2D eigenvalue weighted by molar-refractivity contribution is 0.628. The van der Waals surface area contributed by atoms with Gasteiger partial charge in [0.05, 0.1) is 39.6 Å². The second-order valence-electron chi connectivity index (χ2n) is 6.83. The van der Waals surface area contributed by atoms with Gasteiger partial charge in [-0.2, -0.15) is 15.5 Å². The fourth-order valence-corrected chi connectivity index (χ4v) is 3.48. The Kier molecular flexibility index (Phi) is 5.38. The van der Waals surface area contributed by atoms with Crippen LogP contribution in [-0.2, 0) is 13.6 Å². The van der Waals surface area contributed by atoms with Crippen LogP contribution in [0.2, 0.25) is 5.02 Å². The molecule has 0 aliphatic carbocycles. The third kappa shape index (κ3) is 3.72. The van der Waals surface area contributed by atoms with Gasteiger partial charge in [0.25, 0.3) is 5.56 Å². The fraction of sp³-hybridized carbons (Fsp3) is 0.0909. The van der Waals surface area contributed by atoms with Crippen molar-refractivity contribution in [2.75, 3.05) is 0 Å². The SMILES string of the molecule is Cn1ncc(-c2ccc3c(=O)[nH]nc(CN)c3c2)c1/C=C(\C#N)c1ccc(Cl)c(F)c1. The molecule has 2 aromatic heterocycles. The Morgan fingerprint density at radius 3 is 2.84 bits per heavy atom. The highest BCUT2D eigenvalue weighted by Crippen LogP contribution is 2.30. The summed E-state index contributed by atoms with van der Waals surface area (Å²) in [7, 11) is 1.74. The summed E-state index contributed by atoms with van der Waals surface area (Å²) in [6, 6.07) is 11.6. The van der Waals surface area contributed by atoms with Gasteiger partial charge >= 0.3 is 0 Å².